The number of nitrogens with zero attached hydrogens (tertiary/aromatic N) is 3. The molecule has 1 N–H and O–H groups in total. The van der Waals surface area contributed by atoms with E-state index < -0.39 is 12.0 Å². The highest BCUT2D eigenvalue weighted by Gasteiger charge is 2.47. The molecule has 3 rings (SSSR count). The van der Waals surface area contributed by atoms with Gasteiger partial charge >= 0.3 is 5.97 Å². The van der Waals surface area contributed by atoms with Crippen LogP contribution in [0.3, 0.4) is 0 Å². The summed E-state index contributed by atoms with van der Waals surface area (Å²) in [6, 6.07) is 1.30. The normalized spacial score (nSPS) is 26.2. The average Bonchev–Trinajstić information content (AvgIpc) is 2.91. The Kier molecular flexibility index (Phi) is 5.08. The van der Waals surface area contributed by atoms with E-state index >= 15 is 0 Å². The summed E-state index contributed by atoms with van der Waals surface area (Å²) in [4.78, 5) is 34.6. The number of likely N-dealkylation sites (tertiary alicyclic amines) is 1. The lowest BCUT2D eigenvalue weighted by Crippen LogP contribution is -2.47. The van der Waals surface area contributed by atoms with Crippen molar-refractivity contribution in [3.63, 3.8) is 0 Å². The van der Waals surface area contributed by atoms with Crippen molar-refractivity contribution in [3.8, 4) is 0 Å². The Hall–Kier alpha value is -1.63. The summed E-state index contributed by atoms with van der Waals surface area (Å²) in [5, 5.41) is 10.1. The number of aliphatic carboxylic acids is 1. The molecule has 1 aromatic rings. The summed E-state index contributed by atoms with van der Waals surface area (Å²) < 4.78 is 0. The number of carboxylic acids is 1. The molecule has 1 aliphatic carbocycles. The molecule has 1 aromatic heterocycles. The smallest absolute Gasteiger partial charge is 0.326 e. The molecule has 1 aliphatic heterocycles. The number of aryl methyl sites for hydroxylation is 2. The SMILES string of the molecule is Cc1cc(C)nc(SCC(=O)N2C(C(=O)O)CC3CCCCC32)n1. The zero-order chi connectivity index (χ0) is 17.3. The first-order valence-electron chi connectivity index (χ1n) is 8.44. The summed E-state index contributed by atoms with van der Waals surface area (Å²) in [6.07, 6.45) is 4.76. The van der Waals surface area contributed by atoms with Crippen LogP contribution >= 0.6 is 11.8 Å². The van der Waals surface area contributed by atoms with Crippen molar-refractivity contribution >= 4 is 23.6 Å². The van der Waals surface area contributed by atoms with Crippen molar-refractivity contribution in [3.05, 3.63) is 17.5 Å². The molecule has 7 heteroatoms. The van der Waals surface area contributed by atoms with Crippen LogP contribution in [0.25, 0.3) is 0 Å². The molecule has 1 saturated carbocycles. The van der Waals surface area contributed by atoms with Crippen LogP contribution in [0.15, 0.2) is 11.2 Å². The van der Waals surface area contributed by atoms with Gasteiger partial charge in [0.05, 0.1) is 5.75 Å². The number of carbonyl (C=O) groups excluding carboxylic acids is 1. The molecule has 2 fully saturated rings. The molecule has 3 atom stereocenters. The van der Waals surface area contributed by atoms with Crippen molar-refractivity contribution in [2.24, 2.45) is 5.92 Å². The van der Waals surface area contributed by atoms with Gasteiger partial charge < -0.3 is 10.0 Å². The number of carbonyl (C=O) groups is 2. The van der Waals surface area contributed by atoms with E-state index in [0.29, 0.717) is 17.5 Å². The quantitative estimate of drug-likeness (QED) is 0.664. The van der Waals surface area contributed by atoms with E-state index in [-0.39, 0.29) is 17.7 Å². The van der Waals surface area contributed by atoms with Crippen LogP contribution in [0.1, 0.15) is 43.5 Å². The highest BCUT2D eigenvalue weighted by atomic mass is 32.2. The van der Waals surface area contributed by atoms with E-state index in [9.17, 15) is 14.7 Å². The topological polar surface area (TPSA) is 83.4 Å². The lowest BCUT2D eigenvalue weighted by atomic mass is 9.85. The molecular weight excluding hydrogens is 326 g/mol. The third-order valence-electron chi connectivity index (χ3n) is 4.95. The van der Waals surface area contributed by atoms with Gasteiger partial charge in [0.1, 0.15) is 6.04 Å². The Morgan fingerprint density at radius 3 is 2.58 bits per heavy atom. The summed E-state index contributed by atoms with van der Waals surface area (Å²) in [5.74, 6) is -0.461. The summed E-state index contributed by atoms with van der Waals surface area (Å²) in [5.41, 5.74) is 1.74. The van der Waals surface area contributed by atoms with Crippen molar-refractivity contribution in [1.29, 1.82) is 0 Å². The fourth-order valence-electron chi connectivity index (χ4n) is 4.00. The van der Waals surface area contributed by atoms with Crippen LogP contribution < -0.4 is 0 Å². The highest BCUT2D eigenvalue weighted by molar-refractivity contribution is 7.99. The van der Waals surface area contributed by atoms with E-state index in [1.807, 2.05) is 19.9 Å². The minimum Gasteiger partial charge on any atom is -0.480 e. The zero-order valence-electron chi connectivity index (χ0n) is 14.1. The molecule has 130 valence electrons. The largest absolute Gasteiger partial charge is 0.480 e. The summed E-state index contributed by atoms with van der Waals surface area (Å²) >= 11 is 1.29. The Balaban J connectivity index is 1.70. The van der Waals surface area contributed by atoms with Gasteiger partial charge in [-0.15, -0.1) is 0 Å². The van der Waals surface area contributed by atoms with Gasteiger partial charge in [0.25, 0.3) is 0 Å². The van der Waals surface area contributed by atoms with Crippen LogP contribution in [0.2, 0.25) is 0 Å². The molecule has 2 aliphatic rings. The van der Waals surface area contributed by atoms with Crippen LogP contribution in [-0.2, 0) is 9.59 Å². The second-order valence-electron chi connectivity index (χ2n) is 6.72. The third kappa shape index (κ3) is 3.55. The molecule has 0 radical (unpaired) electrons. The van der Waals surface area contributed by atoms with Crippen LogP contribution in [-0.4, -0.2) is 49.7 Å². The van der Waals surface area contributed by atoms with Crippen molar-refractivity contribution < 1.29 is 14.7 Å². The Morgan fingerprint density at radius 2 is 1.92 bits per heavy atom. The number of rotatable bonds is 4. The van der Waals surface area contributed by atoms with E-state index in [1.54, 1.807) is 4.90 Å². The number of carboxylic acid groups (broad SMARTS) is 1. The fraction of sp³-hybridized carbons (Fsp3) is 0.647. The van der Waals surface area contributed by atoms with Crippen LogP contribution in [0.5, 0.6) is 0 Å². The lowest BCUT2D eigenvalue weighted by molar-refractivity contribution is -0.148. The van der Waals surface area contributed by atoms with Crippen LogP contribution in [0.4, 0.5) is 0 Å². The van der Waals surface area contributed by atoms with Crippen molar-refractivity contribution in [2.45, 2.75) is 63.2 Å². The van der Waals surface area contributed by atoms with E-state index in [2.05, 4.69) is 9.97 Å². The van der Waals surface area contributed by atoms with Crippen LogP contribution in [0, 0.1) is 19.8 Å². The molecule has 0 aromatic carbocycles. The first-order chi connectivity index (χ1) is 11.5. The maximum absolute atomic E-state index is 12.7. The number of hydrogen-bond donors (Lipinski definition) is 1. The van der Waals surface area contributed by atoms with Gasteiger partial charge in [-0.25, -0.2) is 14.8 Å². The molecule has 0 bridgehead atoms. The third-order valence-corrected chi connectivity index (χ3v) is 5.78. The van der Waals surface area contributed by atoms with Crippen molar-refractivity contribution in [1.82, 2.24) is 14.9 Å². The first kappa shape index (κ1) is 17.2. The monoisotopic (exact) mass is 349 g/mol. The maximum Gasteiger partial charge on any atom is 0.326 e. The number of fused-ring (bicyclic) bond motifs is 1. The molecule has 0 spiro atoms. The van der Waals surface area contributed by atoms with Gasteiger partial charge in [-0.05, 0) is 45.1 Å². The molecule has 6 nitrogen and oxygen atoms in total. The second-order valence-corrected chi connectivity index (χ2v) is 7.67. The Morgan fingerprint density at radius 1 is 1.25 bits per heavy atom. The molecular formula is C17H23N3O3S. The minimum atomic E-state index is -0.884. The molecule has 24 heavy (non-hydrogen) atoms. The van der Waals surface area contributed by atoms with Gasteiger partial charge in [-0.1, -0.05) is 24.6 Å². The Labute approximate surface area is 146 Å². The van der Waals surface area contributed by atoms with Gasteiger partial charge in [0.2, 0.25) is 5.91 Å². The van der Waals surface area contributed by atoms with Gasteiger partial charge in [-0.3, -0.25) is 4.79 Å². The summed E-state index contributed by atoms with van der Waals surface area (Å²) in [6.45, 7) is 3.79. The average molecular weight is 349 g/mol. The van der Waals surface area contributed by atoms with Gasteiger partial charge in [-0.2, -0.15) is 0 Å². The standard InChI is InChI=1S/C17H23N3O3S/c1-10-7-11(2)19-17(18-10)24-9-15(21)20-13-6-4-3-5-12(13)8-14(20)16(22)23/h7,12-14H,3-6,8-9H2,1-2H3,(H,22,23). The van der Waals surface area contributed by atoms with E-state index in [0.717, 1.165) is 37.1 Å². The predicted molar refractivity (Wildman–Crippen MR) is 90.9 cm³/mol. The fourth-order valence-corrected chi connectivity index (χ4v) is 4.82. The minimum absolute atomic E-state index is 0.0908. The Bertz CT molecular complexity index is 632. The molecule has 2 heterocycles. The zero-order valence-corrected chi connectivity index (χ0v) is 14.9. The van der Waals surface area contributed by atoms with Gasteiger partial charge in [0.15, 0.2) is 5.16 Å². The second kappa shape index (κ2) is 7.09. The maximum atomic E-state index is 12.7. The number of amides is 1. The van der Waals surface area contributed by atoms with E-state index in [1.165, 1.54) is 11.8 Å². The predicted octanol–water partition coefficient (Wildman–Crippen LogP) is 2.43. The molecule has 3 unspecified atom stereocenters. The first-order valence-corrected chi connectivity index (χ1v) is 9.43. The highest BCUT2D eigenvalue weighted by Crippen LogP contribution is 2.40. The summed E-state index contributed by atoms with van der Waals surface area (Å²) in [7, 11) is 0. The lowest BCUT2D eigenvalue weighted by Gasteiger charge is -2.32. The van der Waals surface area contributed by atoms with E-state index in [4.69, 9.17) is 0 Å². The number of hydrogen-bond acceptors (Lipinski definition) is 5. The van der Waals surface area contributed by atoms with Crippen molar-refractivity contribution in [2.75, 3.05) is 5.75 Å². The number of aromatic nitrogens is 2. The van der Waals surface area contributed by atoms with Gasteiger partial charge in [0, 0.05) is 17.4 Å². The number of thioether (sulfide) groups is 1. The molecule has 1 amide bonds. The molecule has 1 saturated heterocycles.